The lowest BCUT2D eigenvalue weighted by Crippen LogP contribution is -2.44. The van der Waals surface area contributed by atoms with Crippen molar-refractivity contribution in [3.63, 3.8) is 0 Å². The molecule has 1 aliphatic rings. The quantitative estimate of drug-likeness (QED) is 0.801. The van der Waals surface area contributed by atoms with E-state index in [1.807, 2.05) is 29.2 Å². The normalized spacial score (nSPS) is 17.4. The van der Waals surface area contributed by atoms with Crippen LogP contribution < -0.4 is 9.47 Å². The van der Waals surface area contributed by atoms with Crippen LogP contribution in [0.2, 0.25) is 0 Å². The molecule has 126 valence electrons. The maximum atomic E-state index is 12.6. The predicted molar refractivity (Wildman–Crippen MR) is 92.3 cm³/mol. The lowest BCUT2D eigenvalue weighted by Gasteiger charge is -2.32. The third kappa shape index (κ3) is 4.03. The fourth-order valence-electron chi connectivity index (χ4n) is 2.64. The molecule has 1 atom stereocenters. The molecule has 1 aliphatic heterocycles. The topological polar surface area (TPSA) is 64.6 Å². The van der Waals surface area contributed by atoms with E-state index in [4.69, 9.17) is 9.47 Å². The number of rotatable bonds is 4. The zero-order valence-electron chi connectivity index (χ0n) is 13.3. The number of aromatic nitrogens is 2. The molecule has 0 radical (unpaired) electrons. The van der Waals surface area contributed by atoms with Gasteiger partial charge in [-0.25, -0.2) is 0 Å². The number of benzene rings is 1. The van der Waals surface area contributed by atoms with Crippen molar-refractivity contribution in [3.05, 3.63) is 46.4 Å². The Kier molecular flexibility index (Phi) is 5.30. The number of ether oxygens (including phenoxy) is 2. The number of halogens is 1. The van der Waals surface area contributed by atoms with E-state index in [1.165, 1.54) is 7.11 Å². The van der Waals surface area contributed by atoms with Crippen LogP contribution in [0, 0.1) is 0 Å². The first-order chi connectivity index (χ1) is 11.7. The molecule has 3 rings (SSSR count). The summed E-state index contributed by atoms with van der Waals surface area (Å²) in [5.41, 5.74) is 0.683. The van der Waals surface area contributed by atoms with Crippen LogP contribution in [0.3, 0.4) is 0 Å². The number of hydrogen-bond donors (Lipinski definition) is 0. The van der Waals surface area contributed by atoms with Crippen molar-refractivity contribution in [1.29, 1.82) is 0 Å². The van der Waals surface area contributed by atoms with Crippen molar-refractivity contribution in [2.75, 3.05) is 20.2 Å². The molecule has 6 nitrogen and oxygen atoms in total. The van der Waals surface area contributed by atoms with Gasteiger partial charge in [0.2, 0.25) is 11.8 Å². The summed E-state index contributed by atoms with van der Waals surface area (Å²) in [5.74, 6) is 0.911. The fourth-order valence-corrected chi connectivity index (χ4v) is 2.91. The Morgan fingerprint density at radius 3 is 2.54 bits per heavy atom. The second kappa shape index (κ2) is 7.61. The van der Waals surface area contributed by atoms with Crippen LogP contribution >= 0.6 is 15.9 Å². The summed E-state index contributed by atoms with van der Waals surface area (Å²) in [6.45, 7) is 1.28. The molecule has 0 N–H and O–H groups in total. The minimum atomic E-state index is -0.0826. The van der Waals surface area contributed by atoms with Gasteiger partial charge in [-0.1, -0.05) is 15.9 Å². The van der Waals surface area contributed by atoms with E-state index in [9.17, 15) is 4.79 Å². The molecule has 2 heterocycles. The zero-order valence-corrected chi connectivity index (χ0v) is 14.9. The van der Waals surface area contributed by atoms with E-state index >= 15 is 0 Å². The first-order valence-corrected chi connectivity index (χ1v) is 8.54. The fraction of sp³-hybridized carbons (Fsp3) is 0.353. The minimum absolute atomic E-state index is 0.0246. The summed E-state index contributed by atoms with van der Waals surface area (Å²) in [6.07, 6.45) is 1.70. The van der Waals surface area contributed by atoms with Gasteiger partial charge in [-0.15, -0.1) is 10.2 Å². The Morgan fingerprint density at radius 1 is 1.17 bits per heavy atom. The largest absolute Gasteiger partial charge is 0.480 e. The SMILES string of the molecule is COc1ccc(OC2CCCN(C(=O)c3ccc(Br)cc3)C2)nn1. The highest BCUT2D eigenvalue weighted by atomic mass is 79.9. The maximum absolute atomic E-state index is 12.6. The molecule has 2 aromatic rings. The third-order valence-electron chi connectivity index (χ3n) is 3.87. The van der Waals surface area contributed by atoms with Crippen molar-refractivity contribution in [2.45, 2.75) is 18.9 Å². The lowest BCUT2D eigenvalue weighted by molar-refractivity contribution is 0.0525. The molecular formula is C17H18BrN3O3. The van der Waals surface area contributed by atoms with Gasteiger partial charge in [0.05, 0.1) is 13.7 Å². The van der Waals surface area contributed by atoms with E-state index in [0.717, 1.165) is 23.9 Å². The summed E-state index contributed by atoms with van der Waals surface area (Å²) in [4.78, 5) is 14.4. The number of amides is 1. The van der Waals surface area contributed by atoms with Gasteiger partial charge in [0.1, 0.15) is 6.10 Å². The average molecular weight is 392 g/mol. The zero-order chi connectivity index (χ0) is 16.9. The molecule has 1 aromatic carbocycles. The van der Waals surface area contributed by atoms with Gasteiger partial charge in [0, 0.05) is 28.7 Å². The molecule has 1 amide bonds. The van der Waals surface area contributed by atoms with Gasteiger partial charge < -0.3 is 14.4 Å². The molecule has 0 aliphatic carbocycles. The maximum Gasteiger partial charge on any atom is 0.253 e. The van der Waals surface area contributed by atoms with Gasteiger partial charge >= 0.3 is 0 Å². The molecule has 1 fully saturated rings. The van der Waals surface area contributed by atoms with Gasteiger partial charge in [-0.05, 0) is 37.1 Å². The molecular weight excluding hydrogens is 374 g/mol. The summed E-state index contributed by atoms with van der Waals surface area (Å²) in [6, 6.07) is 10.8. The number of carbonyl (C=O) groups is 1. The van der Waals surface area contributed by atoms with Crippen molar-refractivity contribution in [3.8, 4) is 11.8 Å². The average Bonchev–Trinajstić information content (AvgIpc) is 2.63. The Labute approximate surface area is 148 Å². The summed E-state index contributed by atoms with van der Waals surface area (Å²) >= 11 is 3.38. The highest BCUT2D eigenvalue weighted by Gasteiger charge is 2.26. The van der Waals surface area contributed by atoms with E-state index in [2.05, 4.69) is 26.1 Å². The Bertz CT molecular complexity index is 691. The number of likely N-dealkylation sites (tertiary alicyclic amines) is 1. The van der Waals surface area contributed by atoms with Gasteiger partial charge in [0.25, 0.3) is 5.91 Å². The van der Waals surface area contributed by atoms with E-state index in [0.29, 0.717) is 23.9 Å². The summed E-state index contributed by atoms with van der Waals surface area (Å²) in [5, 5.41) is 7.87. The van der Waals surface area contributed by atoms with Gasteiger partial charge in [0.15, 0.2) is 0 Å². The first-order valence-electron chi connectivity index (χ1n) is 7.75. The highest BCUT2D eigenvalue weighted by Crippen LogP contribution is 2.20. The van der Waals surface area contributed by atoms with Crippen LogP contribution in [-0.4, -0.2) is 47.3 Å². The Morgan fingerprint density at radius 2 is 1.88 bits per heavy atom. The predicted octanol–water partition coefficient (Wildman–Crippen LogP) is 2.93. The number of carbonyl (C=O) groups excluding carboxylic acids is 1. The van der Waals surface area contributed by atoms with Crippen LogP contribution in [0.1, 0.15) is 23.2 Å². The Balaban J connectivity index is 1.63. The van der Waals surface area contributed by atoms with Gasteiger partial charge in [-0.3, -0.25) is 4.79 Å². The first kappa shape index (κ1) is 16.7. The van der Waals surface area contributed by atoms with Crippen LogP contribution in [0.25, 0.3) is 0 Å². The third-order valence-corrected chi connectivity index (χ3v) is 4.40. The second-order valence-corrected chi connectivity index (χ2v) is 6.47. The standard InChI is InChI=1S/C17H18BrN3O3/c1-23-15-8-9-16(20-19-15)24-14-3-2-10-21(11-14)17(22)12-4-6-13(18)7-5-12/h4-9,14H,2-3,10-11H2,1H3. The van der Waals surface area contributed by atoms with Crippen LogP contribution in [-0.2, 0) is 0 Å². The van der Waals surface area contributed by atoms with Crippen LogP contribution in [0.15, 0.2) is 40.9 Å². The molecule has 0 saturated carbocycles. The Hall–Kier alpha value is -2.15. The number of methoxy groups -OCH3 is 1. The molecule has 1 saturated heterocycles. The molecule has 1 aromatic heterocycles. The van der Waals surface area contributed by atoms with Crippen molar-refractivity contribution < 1.29 is 14.3 Å². The van der Waals surface area contributed by atoms with Crippen LogP contribution in [0.4, 0.5) is 0 Å². The lowest BCUT2D eigenvalue weighted by atomic mass is 10.1. The minimum Gasteiger partial charge on any atom is -0.480 e. The monoisotopic (exact) mass is 391 g/mol. The highest BCUT2D eigenvalue weighted by molar-refractivity contribution is 9.10. The molecule has 7 heteroatoms. The number of hydrogen-bond acceptors (Lipinski definition) is 5. The van der Waals surface area contributed by atoms with E-state index in [-0.39, 0.29) is 12.0 Å². The van der Waals surface area contributed by atoms with Crippen molar-refractivity contribution >= 4 is 21.8 Å². The summed E-state index contributed by atoms with van der Waals surface area (Å²) < 4.78 is 11.8. The molecule has 24 heavy (non-hydrogen) atoms. The van der Waals surface area contributed by atoms with E-state index < -0.39 is 0 Å². The van der Waals surface area contributed by atoms with Crippen LogP contribution in [0.5, 0.6) is 11.8 Å². The smallest absolute Gasteiger partial charge is 0.253 e. The van der Waals surface area contributed by atoms with Crippen molar-refractivity contribution in [1.82, 2.24) is 15.1 Å². The van der Waals surface area contributed by atoms with Crippen molar-refractivity contribution in [2.24, 2.45) is 0 Å². The molecule has 0 bridgehead atoms. The number of piperidine rings is 1. The number of nitrogens with zero attached hydrogens (tertiary/aromatic N) is 3. The van der Waals surface area contributed by atoms with E-state index in [1.54, 1.807) is 12.1 Å². The van der Waals surface area contributed by atoms with Gasteiger partial charge in [-0.2, -0.15) is 0 Å². The second-order valence-electron chi connectivity index (χ2n) is 5.55. The molecule has 0 spiro atoms. The molecule has 1 unspecified atom stereocenters. The summed E-state index contributed by atoms with van der Waals surface area (Å²) in [7, 11) is 1.54.